The van der Waals surface area contributed by atoms with Gasteiger partial charge in [-0.2, -0.15) is 0 Å². The minimum atomic E-state index is -3.40. The molecule has 1 amide bonds. The number of carbonyl (C=O) groups excluding carboxylic acids is 1. The number of rotatable bonds is 7. The zero-order valence-corrected chi connectivity index (χ0v) is 15.0. The first-order valence-corrected chi connectivity index (χ1v) is 9.67. The van der Waals surface area contributed by atoms with Gasteiger partial charge < -0.3 is 10.1 Å². The molecule has 2 aromatic rings. The molecule has 0 aliphatic rings. The van der Waals surface area contributed by atoms with E-state index >= 15 is 0 Å². The Kier molecular flexibility index (Phi) is 6.39. The predicted octanol–water partition coefficient (Wildman–Crippen LogP) is 2.62. The van der Waals surface area contributed by atoms with Crippen LogP contribution in [0.15, 0.2) is 47.4 Å². The third-order valence-electron chi connectivity index (χ3n) is 3.30. The topological polar surface area (TPSA) is 72.5 Å². The van der Waals surface area contributed by atoms with Crippen LogP contribution in [0.2, 0.25) is 5.02 Å². The van der Waals surface area contributed by atoms with Gasteiger partial charge in [0.15, 0.2) is 9.84 Å². The zero-order valence-electron chi connectivity index (χ0n) is 13.5. The Morgan fingerprint density at radius 3 is 2.68 bits per heavy atom. The maximum atomic E-state index is 13.1. The summed E-state index contributed by atoms with van der Waals surface area (Å²) in [4.78, 5) is 12.1. The van der Waals surface area contributed by atoms with Crippen LogP contribution in [0.3, 0.4) is 0 Å². The molecule has 8 heteroatoms. The molecular weight excluding hydrogens is 369 g/mol. The van der Waals surface area contributed by atoms with E-state index in [0.29, 0.717) is 5.56 Å². The van der Waals surface area contributed by atoms with Crippen molar-refractivity contribution < 1.29 is 22.3 Å². The molecule has 0 radical (unpaired) electrons. The fourth-order valence-corrected chi connectivity index (χ4v) is 3.30. The molecule has 0 saturated carbocycles. The average Bonchev–Trinajstić information content (AvgIpc) is 2.54. The van der Waals surface area contributed by atoms with Crippen molar-refractivity contribution in [2.45, 2.75) is 11.3 Å². The van der Waals surface area contributed by atoms with Gasteiger partial charge in [0.2, 0.25) is 5.91 Å². The predicted molar refractivity (Wildman–Crippen MR) is 93.2 cm³/mol. The summed E-state index contributed by atoms with van der Waals surface area (Å²) in [7, 11) is -3.40. The van der Waals surface area contributed by atoms with Crippen LogP contribution in [0, 0.1) is 5.82 Å². The first-order valence-electron chi connectivity index (χ1n) is 7.40. The number of carbonyl (C=O) groups is 1. The van der Waals surface area contributed by atoms with Crippen molar-refractivity contribution in [3.8, 4) is 5.75 Å². The number of ether oxygens (including phenoxy) is 1. The summed E-state index contributed by atoms with van der Waals surface area (Å²) in [6.45, 7) is 0.273. The van der Waals surface area contributed by atoms with E-state index in [1.807, 2.05) is 0 Å². The summed E-state index contributed by atoms with van der Waals surface area (Å²) >= 11 is 5.87. The highest BCUT2D eigenvalue weighted by Gasteiger charge is 2.14. The van der Waals surface area contributed by atoms with Crippen molar-refractivity contribution in [1.29, 1.82) is 0 Å². The Balaban J connectivity index is 1.87. The minimum absolute atomic E-state index is 0.0655. The van der Waals surface area contributed by atoms with Crippen molar-refractivity contribution in [1.82, 2.24) is 5.32 Å². The smallest absolute Gasteiger partial charge is 0.224 e. The van der Waals surface area contributed by atoms with Crippen molar-refractivity contribution >= 4 is 27.3 Å². The Hall–Kier alpha value is -2.12. The van der Waals surface area contributed by atoms with Crippen LogP contribution in [0.1, 0.15) is 5.56 Å². The first kappa shape index (κ1) is 19.2. The molecule has 134 valence electrons. The normalized spacial score (nSPS) is 11.2. The Labute approximate surface area is 150 Å². The second-order valence-corrected chi connectivity index (χ2v) is 7.72. The van der Waals surface area contributed by atoms with E-state index in [1.165, 1.54) is 18.2 Å². The summed E-state index contributed by atoms with van der Waals surface area (Å²) < 4.78 is 41.9. The molecule has 0 aliphatic heterocycles. The largest absolute Gasteiger partial charge is 0.490 e. The highest BCUT2D eigenvalue weighted by molar-refractivity contribution is 7.90. The van der Waals surface area contributed by atoms with Crippen molar-refractivity contribution in [2.24, 2.45) is 0 Å². The third kappa shape index (κ3) is 5.72. The molecule has 5 nitrogen and oxygen atoms in total. The lowest BCUT2D eigenvalue weighted by Crippen LogP contribution is -2.29. The average molecular weight is 386 g/mol. The molecule has 0 aliphatic carbocycles. The zero-order chi connectivity index (χ0) is 18.4. The number of hydrogen-bond donors (Lipinski definition) is 1. The van der Waals surface area contributed by atoms with Crippen LogP contribution in [0.25, 0.3) is 0 Å². The second-order valence-electron chi connectivity index (χ2n) is 5.33. The number of nitrogens with one attached hydrogen (secondary N) is 1. The molecule has 0 bridgehead atoms. The SMILES string of the molecule is CS(=O)(=O)c1ccccc1CC(=O)NCCOc1cc(F)ccc1Cl. The maximum Gasteiger partial charge on any atom is 0.224 e. The summed E-state index contributed by atoms with van der Waals surface area (Å²) in [5, 5.41) is 2.89. The summed E-state index contributed by atoms with van der Waals surface area (Å²) in [5.74, 6) is -0.621. The van der Waals surface area contributed by atoms with Crippen LogP contribution in [-0.4, -0.2) is 33.7 Å². The number of amides is 1. The quantitative estimate of drug-likeness (QED) is 0.743. The molecule has 0 fully saturated rings. The summed E-state index contributed by atoms with van der Waals surface area (Å²) in [6, 6.07) is 10.1. The molecule has 2 aromatic carbocycles. The monoisotopic (exact) mass is 385 g/mol. The highest BCUT2D eigenvalue weighted by atomic mass is 35.5. The van der Waals surface area contributed by atoms with E-state index < -0.39 is 15.7 Å². The second kappa shape index (κ2) is 8.31. The molecule has 0 spiro atoms. The van der Waals surface area contributed by atoms with Crippen molar-refractivity contribution in [3.05, 3.63) is 58.9 Å². The fourth-order valence-electron chi connectivity index (χ4n) is 2.19. The molecule has 0 atom stereocenters. The van der Waals surface area contributed by atoms with E-state index in [-0.39, 0.29) is 41.1 Å². The lowest BCUT2D eigenvalue weighted by atomic mass is 10.1. The fraction of sp³-hybridized carbons (Fsp3) is 0.235. The molecule has 25 heavy (non-hydrogen) atoms. The van der Waals surface area contributed by atoms with Gasteiger partial charge in [-0.05, 0) is 23.8 Å². The van der Waals surface area contributed by atoms with E-state index in [2.05, 4.69) is 5.32 Å². The highest BCUT2D eigenvalue weighted by Crippen LogP contribution is 2.24. The Morgan fingerprint density at radius 2 is 1.96 bits per heavy atom. The number of sulfone groups is 1. The van der Waals surface area contributed by atoms with E-state index in [1.54, 1.807) is 18.2 Å². The molecule has 0 unspecified atom stereocenters. The van der Waals surface area contributed by atoms with Crippen LogP contribution < -0.4 is 10.1 Å². The van der Waals surface area contributed by atoms with Gasteiger partial charge in [0.1, 0.15) is 18.2 Å². The molecule has 2 rings (SSSR count). The lowest BCUT2D eigenvalue weighted by Gasteiger charge is -2.10. The summed E-state index contributed by atoms with van der Waals surface area (Å²) in [6.07, 6.45) is 1.03. The van der Waals surface area contributed by atoms with Gasteiger partial charge in [0.05, 0.1) is 22.9 Å². The van der Waals surface area contributed by atoms with Crippen LogP contribution in [0.4, 0.5) is 4.39 Å². The lowest BCUT2D eigenvalue weighted by molar-refractivity contribution is -0.120. The Bertz CT molecular complexity index is 871. The minimum Gasteiger partial charge on any atom is -0.490 e. The van der Waals surface area contributed by atoms with Gasteiger partial charge >= 0.3 is 0 Å². The van der Waals surface area contributed by atoms with Gasteiger partial charge in [-0.25, -0.2) is 12.8 Å². The third-order valence-corrected chi connectivity index (χ3v) is 4.81. The van der Waals surface area contributed by atoms with E-state index in [9.17, 15) is 17.6 Å². The molecule has 0 saturated heterocycles. The van der Waals surface area contributed by atoms with Gasteiger partial charge in [-0.3, -0.25) is 4.79 Å². The van der Waals surface area contributed by atoms with E-state index in [4.69, 9.17) is 16.3 Å². The van der Waals surface area contributed by atoms with Crippen molar-refractivity contribution in [2.75, 3.05) is 19.4 Å². The first-order chi connectivity index (χ1) is 11.8. The van der Waals surface area contributed by atoms with Gasteiger partial charge in [0.25, 0.3) is 0 Å². The molecule has 1 N–H and O–H groups in total. The molecule has 0 aromatic heterocycles. The maximum absolute atomic E-state index is 13.1. The van der Waals surface area contributed by atoms with Gasteiger partial charge in [-0.1, -0.05) is 29.8 Å². The van der Waals surface area contributed by atoms with Crippen LogP contribution in [0.5, 0.6) is 5.75 Å². The van der Waals surface area contributed by atoms with Crippen LogP contribution in [-0.2, 0) is 21.1 Å². The molecular formula is C17H17ClFNO4S. The number of hydrogen-bond acceptors (Lipinski definition) is 4. The summed E-state index contributed by atoms with van der Waals surface area (Å²) in [5.41, 5.74) is 0.427. The number of benzene rings is 2. The molecule has 0 heterocycles. The van der Waals surface area contributed by atoms with E-state index in [0.717, 1.165) is 12.3 Å². The van der Waals surface area contributed by atoms with Gasteiger partial charge in [-0.15, -0.1) is 0 Å². The standard InChI is InChI=1S/C17H17ClFNO4S/c1-25(22,23)16-5-3-2-4-12(16)10-17(21)20-8-9-24-15-11-13(19)6-7-14(15)18/h2-7,11H,8-10H2,1H3,(H,20,21). The van der Waals surface area contributed by atoms with Gasteiger partial charge in [0, 0.05) is 12.3 Å². The number of halogens is 2. The van der Waals surface area contributed by atoms with Crippen molar-refractivity contribution in [3.63, 3.8) is 0 Å². The van der Waals surface area contributed by atoms with Crippen LogP contribution >= 0.6 is 11.6 Å². The Morgan fingerprint density at radius 1 is 1.24 bits per heavy atom.